The first-order chi connectivity index (χ1) is 19.4. The van der Waals surface area contributed by atoms with Gasteiger partial charge in [-0.25, -0.2) is 9.18 Å². The topological polar surface area (TPSA) is 84.2 Å². The lowest BCUT2D eigenvalue weighted by Crippen LogP contribution is -2.24. The quantitative estimate of drug-likeness (QED) is 0.242. The number of carbonyl (C=O) groups is 2. The third-order valence-electron chi connectivity index (χ3n) is 6.94. The van der Waals surface area contributed by atoms with Crippen molar-refractivity contribution in [3.63, 3.8) is 0 Å². The molecule has 0 saturated carbocycles. The highest BCUT2D eigenvalue weighted by atomic mass is 19.1. The summed E-state index contributed by atoms with van der Waals surface area (Å²) in [5.74, 6) is -1.54. The first-order valence-electron chi connectivity index (χ1n) is 12.8. The molecule has 6 rings (SSSR count). The second-order valence-electron chi connectivity index (χ2n) is 9.64. The predicted octanol–water partition coefficient (Wildman–Crippen LogP) is 6.67. The molecule has 0 spiro atoms. The predicted molar refractivity (Wildman–Crippen MR) is 153 cm³/mol. The van der Waals surface area contributed by atoms with Gasteiger partial charge in [0.15, 0.2) is 0 Å². The fourth-order valence-electron chi connectivity index (χ4n) is 4.90. The van der Waals surface area contributed by atoms with Crippen molar-refractivity contribution in [2.24, 2.45) is 0 Å². The van der Waals surface area contributed by atoms with Crippen molar-refractivity contribution in [3.8, 4) is 11.1 Å². The maximum atomic E-state index is 13.6. The largest absolute Gasteiger partial charge is 0.478 e. The normalized spacial score (nSPS) is 11.1. The van der Waals surface area contributed by atoms with E-state index >= 15 is 0 Å². The Morgan fingerprint density at radius 3 is 2.27 bits per heavy atom. The molecule has 0 radical (unpaired) electrons. The molecule has 5 aromatic carbocycles. The number of fused-ring (bicyclic) bond motifs is 2. The second-order valence-corrected chi connectivity index (χ2v) is 9.64. The molecule has 2 N–H and O–H groups in total. The number of rotatable bonds is 7. The Bertz CT molecular complexity index is 1880. The van der Waals surface area contributed by atoms with Crippen LogP contribution in [0.25, 0.3) is 32.8 Å². The standard InChI is InChI=1S/C33H24FN3O3/c34-29-13-12-25-14-22(8-11-26(25)16-29)20-37-31-28(19-36-37)15-27(23-4-2-1-3-5-23)17-30(31)32(38)35-18-21-6-9-24(10-7-21)33(39)40/h1-17,19H,18,20H2,(H,35,38)(H,39,40). The van der Waals surface area contributed by atoms with Crippen LogP contribution in [0.2, 0.25) is 0 Å². The van der Waals surface area contributed by atoms with Crippen LogP contribution in [0.4, 0.5) is 4.39 Å². The van der Waals surface area contributed by atoms with Crippen LogP contribution in [0.5, 0.6) is 0 Å². The number of benzene rings is 5. The maximum Gasteiger partial charge on any atom is 0.335 e. The van der Waals surface area contributed by atoms with Gasteiger partial charge in [0.1, 0.15) is 5.82 Å². The molecule has 6 nitrogen and oxygen atoms in total. The van der Waals surface area contributed by atoms with E-state index in [9.17, 15) is 14.0 Å². The van der Waals surface area contributed by atoms with Crippen molar-refractivity contribution in [3.05, 3.63) is 137 Å². The number of nitrogens with one attached hydrogen (secondary N) is 1. The average Bonchev–Trinajstić information content (AvgIpc) is 3.38. The average molecular weight is 530 g/mol. The Kier molecular flexibility index (Phi) is 6.54. The van der Waals surface area contributed by atoms with Crippen LogP contribution in [0, 0.1) is 5.82 Å². The van der Waals surface area contributed by atoms with Gasteiger partial charge in [0.05, 0.1) is 29.4 Å². The van der Waals surface area contributed by atoms with Gasteiger partial charge in [-0.3, -0.25) is 9.48 Å². The van der Waals surface area contributed by atoms with E-state index in [0.29, 0.717) is 17.6 Å². The molecule has 0 aliphatic heterocycles. The summed E-state index contributed by atoms with van der Waals surface area (Å²) in [6.45, 7) is 0.670. The summed E-state index contributed by atoms with van der Waals surface area (Å²) in [6, 6.07) is 30.7. The van der Waals surface area contributed by atoms with Crippen LogP contribution in [0.3, 0.4) is 0 Å². The molecule has 7 heteroatoms. The molecule has 0 bridgehead atoms. The van der Waals surface area contributed by atoms with Crippen molar-refractivity contribution >= 4 is 33.6 Å². The summed E-state index contributed by atoms with van der Waals surface area (Å²) in [7, 11) is 0. The van der Waals surface area contributed by atoms with Crippen molar-refractivity contribution in [2.75, 3.05) is 0 Å². The van der Waals surface area contributed by atoms with Gasteiger partial charge < -0.3 is 10.4 Å². The molecular weight excluding hydrogens is 505 g/mol. The highest BCUT2D eigenvalue weighted by molar-refractivity contribution is 6.07. The van der Waals surface area contributed by atoms with Gasteiger partial charge in [-0.1, -0.05) is 60.7 Å². The molecule has 0 saturated heterocycles. The minimum absolute atomic E-state index is 0.190. The van der Waals surface area contributed by atoms with Crippen molar-refractivity contribution in [2.45, 2.75) is 13.1 Å². The number of aromatic carboxylic acids is 1. The Morgan fingerprint density at radius 1 is 0.775 bits per heavy atom. The molecule has 0 unspecified atom stereocenters. The Balaban J connectivity index is 1.36. The molecule has 196 valence electrons. The van der Waals surface area contributed by atoms with Crippen molar-refractivity contribution in [1.82, 2.24) is 15.1 Å². The molecule has 1 amide bonds. The molecule has 40 heavy (non-hydrogen) atoms. The lowest BCUT2D eigenvalue weighted by atomic mass is 9.99. The van der Waals surface area contributed by atoms with Gasteiger partial charge in [-0.2, -0.15) is 5.10 Å². The molecule has 0 aliphatic rings. The lowest BCUT2D eigenvalue weighted by molar-refractivity contribution is 0.0696. The zero-order chi connectivity index (χ0) is 27.6. The smallest absolute Gasteiger partial charge is 0.335 e. The van der Waals surface area contributed by atoms with E-state index < -0.39 is 5.97 Å². The summed E-state index contributed by atoms with van der Waals surface area (Å²) in [5.41, 5.74) is 5.02. The molecule has 1 heterocycles. The van der Waals surface area contributed by atoms with Gasteiger partial charge in [-0.05, 0) is 75.5 Å². The number of carbonyl (C=O) groups excluding carboxylic acids is 1. The minimum Gasteiger partial charge on any atom is -0.478 e. The van der Waals surface area contributed by atoms with Gasteiger partial charge in [-0.15, -0.1) is 0 Å². The maximum absolute atomic E-state index is 13.6. The zero-order valence-electron chi connectivity index (χ0n) is 21.3. The SMILES string of the molecule is O=C(O)c1ccc(CNC(=O)c2cc(-c3ccccc3)cc3cnn(Cc4ccc5cc(F)ccc5c4)c23)cc1. The molecule has 0 fully saturated rings. The summed E-state index contributed by atoms with van der Waals surface area (Å²) in [4.78, 5) is 24.8. The molecule has 0 aliphatic carbocycles. The number of aromatic nitrogens is 2. The summed E-state index contributed by atoms with van der Waals surface area (Å²) in [5, 5.41) is 19.3. The molecule has 0 atom stereocenters. The molecular formula is C33H24FN3O3. The van der Waals surface area contributed by atoms with Crippen LogP contribution >= 0.6 is 0 Å². The molecule has 1 aromatic heterocycles. The lowest BCUT2D eigenvalue weighted by Gasteiger charge is -2.12. The number of nitrogens with zero attached hydrogens (tertiary/aromatic N) is 2. The highest BCUT2D eigenvalue weighted by Gasteiger charge is 2.18. The third-order valence-corrected chi connectivity index (χ3v) is 6.94. The Morgan fingerprint density at radius 2 is 1.50 bits per heavy atom. The summed E-state index contributed by atoms with van der Waals surface area (Å²) >= 11 is 0. The van der Waals surface area contributed by atoms with Crippen LogP contribution < -0.4 is 5.32 Å². The summed E-state index contributed by atoms with van der Waals surface area (Å²) in [6.07, 6.45) is 1.76. The number of carboxylic acid groups (broad SMARTS) is 1. The Hall–Kier alpha value is -5.30. The monoisotopic (exact) mass is 529 g/mol. The van der Waals surface area contributed by atoms with E-state index in [0.717, 1.165) is 38.4 Å². The minimum atomic E-state index is -0.998. The van der Waals surface area contributed by atoms with Gasteiger partial charge in [0, 0.05) is 11.9 Å². The number of amides is 1. The van der Waals surface area contributed by atoms with Crippen molar-refractivity contribution < 1.29 is 19.1 Å². The first kappa shape index (κ1) is 25.0. The van der Waals surface area contributed by atoms with Crippen LogP contribution in [0.1, 0.15) is 31.8 Å². The van der Waals surface area contributed by atoms with E-state index in [1.807, 2.05) is 65.3 Å². The Labute approximate surface area is 229 Å². The van der Waals surface area contributed by atoms with Gasteiger partial charge >= 0.3 is 5.97 Å². The second kappa shape index (κ2) is 10.5. The first-order valence-corrected chi connectivity index (χ1v) is 12.8. The van der Waals surface area contributed by atoms with Crippen LogP contribution in [-0.4, -0.2) is 26.8 Å². The van der Waals surface area contributed by atoms with E-state index in [2.05, 4.69) is 10.4 Å². The number of carboxylic acids is 1. The van der Waals surface area contributed by atoms with Crippen molar-refractivity contribution in [1.29, 1.82) is 0 Å². The third kappa shape index (κ3) is 5.05. The summed E-state index contributed by atoms with van der Waals surface area (Å²) < 4.78 is 15.4. The van der Waals surface area contributed by atoms with E-state index in [4.69, 9.17) is 5.11 Å². The van der Waals surface area contributed by atoms with E-state index in [1.54, 1.807) is 24.4 Å². The highest BCUT2D eigenvalue weighted by Crippen LogP contribution is 2.29. The zero-order valence-corrected chi connectivity index (χ0v) is 21.3. The fraction of sp³-hybridized carbons (Fsp3) is 0.0606. The van der Waals surface area contributed by atoms with Gasteiger partial charge in [0.2, 0.25) is 0 Å². The van der Waals surface area contributed by atoms with E-state index in [-0.39, 0.29) is 23.8 Å². The van der Waals surface area contributed by atoms with Crippen LogP contribution in [-0.2, 0) is 13.1 Å². The number of halogens is 1. The number of hydrogen-bond donors (Lipinski definition) is 2. The van der Waals surface area contributed by atoms with E-state index in [1.165, 1.54) is 24.3 Å². The molecule has 6 aromatic rings. The number of hydrogen-bond acceptors (Lipinski definition) is 3. The fourth-order valence-corrected chi connectivity index (χ4v) is 4.90. The van der Waals surface area contributed by atoms with Gasteiger partial charge in [0.25, 0.3) is 5.91 Å². The van der Waals surface area contributed by atoms with Crippen LogP contribution in [0.15, 0.2) is 109 Å².